The molecule has 1 amide bonds. The molecule has 189 valence electrons. The molecule has 0 aliphatic carbocycles. The third-order valence-electron chi connectivity index (χ3n) is 4.66. The monoisotopic (exact) mass is 573 g/mol. The Morgan fingerprint density at radius 1 is 1.11 bits per heavy atom. The first kappa shape index (κ1) is 28.3. The van der Waals surface area contributed by atoms with Crippen LogP contribution in [0.4, 0.5) is 0 Å². The molecule has 0 bridgehead atoms. The first-order valence-electron chi connectivity index (χ1n) is 10.7. The molecule has 14 heteroatoms. The molecule has 4 aromatic rings. The van der Waals surface area contributed by atoms with Crippen molar-refractivity contribution in [2.24, 2.45) is 0 Å². The minimum Gasteiger partial charge on any atom is -0.342 e. The summed E-state index contributed by atoms with van der Waals surface area (Å²) in [6, 6.07) is 11.0. The minimum absolute atomic E-state index is 0.0205. The van der Waals surface area contributed by atoms with E-state index in [-0.39, 0.29) is 20.4 Å². The third-order valence-corrected chi connectivity index (χ3v) is 7.76. The molecule has 0 spiro atoms. The van der Waals surface area contributed by atoms with Gasteiger partial charge >= 0.3 is 0 Å². The highest BCUT2D eigenvalue weighted by Crippen LogP contribution is 2.27. The van der Waals surface area contributed by atoms with Crippen LogP contribution in [-0.4, -0.2) is 41.4 Å². The molecule has 1 atom stereocenters. The number of benzene rings is 2. The average molecular weight is 574 g/mol. The van der Waals surface area contributed by atoms with Crippen LogP contribution in [0.1, 0.15) is 34.0 Å². The largest absolute Gasteiger partial charge is 0.342 e. The Morgan fingerprint density at radius 2 is 1.78 bits per heavy atom. The molecule has 9 nitrogen and oxygen atoms in total. The molecule has 0 unspecified atom stereocenters. The number of carbonyl (C=O) groups excluding carboxylic acids is 1. The Morgan fingerprint density at radius 3 is 2.41 bits per heavy atom. The lowest BCUT2D eigenvalue weighted by Gasteiger charge is -2.14. The van der Waals surface area contributed by atoms with Crippen molar-refractivity contribution in [1.82, 2.24) is 25.1 Å². The van der Waals surface area contributed by atoms with Crippen LogP contribution in [0, 0.1) is 11.3 Å². The van der Waals surface area contributed by atoms with Gasteiger partial charge in [-0.1, -0.05) is 48.2 Å². The smallest absolute Gasteiger partial charge is 0.251 e. The number of aromatic nitrogens is 4. The third kappa shape index (κ3) is 6.75. The number of amides is 1. The predicted molar refractivity (Wildman–Crippen MR) is 143 cm³/mol. The van der Waals surface area contributed by atoms with Crippen LogP contribution in [0.15, 0.2) is 64.8 Å². The SMILES string of the molecule is C[B]C.C[C@H](NC(=O)c1cc(Cl)cc(S(=O)(=O)c2ccc(Cl)cc2)c1)c1ncnn1-c1ncc(C#N)s1. The van der Waals surface area contributed by atoms with Crippen molar-refractivity contribution < 1.29 is 13.2 Å². The van der Waals surface area contributed by atoms with Crippen LogP contribution < -0.4 is 5.32 Å². The molecule has 2 aromatic carbocycles. The molecule has 1 radical (unpaired) electrons. The maximum atomic E-state index is 13.0. The summed E-state index contributed by atoms with van der Waals surface area (Å²) in [6.07, 6.45) is 2.73. The average Bonchev–Trinajstić information content (AvgIpc) is 3.54. The van der Waals surface area contributed by atoms with Gasteiger partial charge in [-0.3, -0.25) is 4.79 Å². The lowest BCUT2D eigenvalue weighted by atomic mass is 9.88. The van der Waals surface area contributed by atoms with Crippen LogP contribution in [0.3, 0.4) is 0 Å². The molecule has 0 saturated carbocycles. The van der Waals surface area contributed by atoms with Crippen molar-refractivity contribution in [3.63, 3.8) is 0 Å². The van der Waals surface area contributed by atoms with E-state index >= 15 is 0 Å². The van der Waals surface area contributed by atoms with Crippen molar-refractivity contribution in [2.75, 3.05) is 0 Å². The Balaban J connectivity index is 0.00000121. The van der Waals surface area contributed by atoms with E-state index in [1.807, 2.05) is 27.0 Å². The zero-order chi connectivity index (χ0) is 27.2. The summed E-state index contributed by atoms with van der Waals surface area (Å²) < 4.78 is 27.5. The number of halogens is 2. The van der Waals surface area contributed by atoms with Gasteiger partial charge in [-0.15, -0.1) is 0 Å². The summed E-state index contributed by atoms with van der Waals surface area (Å²) in [6.45, 7) is 5.69. The number of rotatable bonds is 6. The van der Waals surface area contributed by atoms with Gasteiger partial charge in [0.1, 0.15) is 24.6 Å². The second-order valence-corrected chi connectivity index (χ2v) is 11.4. The van der Waals surface area contributed by atoms with Crippen molar-refractivity contribution in [3.05, 3.63) is 81.3 Å². The first-order chi connectivity index (χ1) is 17.6. The molecular formula is C23H20BCl2N6O3S2. The van der Waals surface area contributed by atoms with Crippen LogP contribution in [0.2, 0.25) is 23.7 Å². The minimum atomic E-state index is -3.93. The molecule has 2 aromatic heterocycles. The van der Waals surface area contributed by atoms with Crippen molar-refractivity contribution >= 4 is 57.6 Å². The molecule has 0 fully saturated rings. The number of hydrogen-bond donors (Lipinski definition) is 1. The summed E-state index contributed by atoms with van der Waals surface area (Å²) in [7, 11) is -1.93. The van der Waals surface area contributed by atoms with Gasteiger partial charge in [0.05, 0.1) is 22.0 Å². The zero-order valence-electron chi connectivity index (χ0n) is 19.9. The van der Waals surface area contributed by atoms with E-state index in [9.17, 15) is 13.2 Å². The van der Waals surface area contributed by atoms with E-state index in [1.165, 1.54) is 59.7 Å². The number of sulfone groups is 1. The van der Waals surface area contributed by atoms with Crippen LogP contribution in [-0.2, 0) is 9.84 Å². The number of nitrogens with one attached hydrogen (secondary N) is 1. The molecule has 4 rings (SSSR count). The van der Waals surface area contributed by atoms with Crippen molar-refractivity contribution in [3.8, 4) is 11.2 Å². The Hall–Kier alpha value is -3.24. The highest BCUT2D eigenvalue weighted by atomic mass is 35.5. The van der Waals surface area contributed by atoms with Gasteiger partial charge in [0.15, 0.2) is 5.82 Å². The second-order valence-electron chi connectivity index (χ2n) is 7.55. The Kier molecular flexibility index (Phi) is 9.45. The number of hydrogen-bond acceptors (Lipinski definition) is 8. The molecule has 0 aliphatic heterocycles. The standard InChI is InChI=1S/C21H14Cl2N6O3S2.C2H6B/c1-12(19-26-11-27-29(19)21-25-10-16(9-24)33-21)28-20(30)13-6-15(23)8-18(7-13)34(31,32)17-4-2-14(22)3-5-17;1-3-2/h2-8,10-12H,1H3,(H,28,30);1-2H3/t12-;/m0./s1. The second kappa shape index (κ2) is 12.3. The highest BCUT2D eigenvalue weighted by molar-refractivity contribution is 7.91. The molecular weight excluding hydrogens is 554 g/mol. The summed E-state index contributed by atoms with van der Waals surface area (Å²) in [5.41, 5.74) is 0.0546. The molecule has 37 heavy (non-hydrogen) atoms. The van der Waals surface area contributed by atoms with Crippen LogP contribution in [0.5, 0.6) is 0 Å². The van der Waals surface area contributed by atoms with E-state index < -0.39 is 21.8 Å². The lowest BCUT2D eigenvalue weighted by molar-refractivity contribution is 0.0937. The number of carbonyl (C=O) groups is 1. The van der Waals surface area contributed by atoms with Crippen LogP contribution >= 0.6 is 34.5 Å². The van der Waals surface area contributed by atoms with Crippen LogP contribution in [0.25, 0.3) is 5.13 Å². The van der Waals surface area contributed by atoms with Crippen molar-refractivity contribution in [1.29, 1.82) is 5.26 Å². The van der Waals surface area contributed by atoms with Gasteiger partial charge in [0.2, 0.25) is 15.0 Å². The quantitative estimate of drug-likeness (QED) is 0.320. The number of nitriles is 1. The summed E-state index contributed by atoms with van der Waals surface area (Å²) in [5, 5.41) is 16.8. The van der Waals surface area contributed by atoms with Gasteiger partial charge in [-0.05, 0) is 49.4 Å². The van der Waals surface area contributed by atoms with Gasteiger partial charge in [-0.2, -0.15) is 15.0 Å². The normalized spacial score (nSPS) is 11.6. The fraction of sp³-hybridized carbons (Fsp3) is 0.174. The van der Waals surface area contributed by atoms with Crippen molar-refractivity contribution in [2.45, 2.75) is 36.4 Å². The van der Waals surface area contributed by atoms with E-state index in [2.05, 4.69) is 20.4 Å². The molecule has 0 aliphatic rings. The fourth-order valence-electron chi connectivity index (χ4n) is 3.05. The predicted octanol–water partition coefficient (Wildman–Crippen LogP) is 5.01. The van der Waals surface area contributed by atoms with E-state index in [0.717, 1.165) is 11.3 Å². The van der Waals surface area contributed by atoms with Gasteiger partial charge in [0, 0.05) is 15.6 Å². The first-order valence-corrected chi connectivity index (χ1v) is 13.8. The fourth-order valence-corrected chi connectivity index (χ4v) is 5.49. The Bertz CT molecular complexity index is 1550. The number of nitrogens with zero attached hydrogens (tertiary/aromatic N) is 5. The van der Waals surface area contributed by atoms with Gasteiger partial charge < -0.3 is 5.32 Å². The maximum absolute atomic E-state index is 13.0. The lowest BCUT2D eigenvalue weighted by Crippen LogP contribution is -2.29. The summed E-state index contributed by atoms with van der Waals surface area (Å²) in [5.74, 6) is -0.183. The van der Waals surface area contributed by atoms with E-state index in [1.54, 1.807) is 6.92 Å². The maximum Gasteiger partial charge on any atom is 0.251 e. The molecule has 0 saturated heterocycles. The van der Waals surface area contributed by atoms with Gasteiger partial charge in [-0.25, -0.2) is 18.4 Å². The van der Waals surface area contributed by atoms with Gasteiger partial charge in [0.25, 0.3) is 5.91 Å². The zero-order valence-corrected chi connectivity index (χ0v) is 23.0. The summed E-state index contributed by atoms with van der Waals surface area (Å²) in [4.78, 5) is 21.6. The molecule has 1 N–H and O–H groups in total. The topological polar surface area (TPSA) is 131 Å². The highest BCUT2D eigenvalue weighted by Gasteiger charge is 2.23. The Labute approximate surface area is 229 Å². The van der Waals surface area contributed by atoms with E-state index in [4.69, 9.17) is 28.5 Å². The summed E-state index contributed by atoms with van der Waals surface area (Å²) >= 11 is 13.1. The molecule has 2 heterocycles. The number of thiazole rings is 1. The van der Waals surface area contributed by atoms with E-state index in [0.29, 0.717) is 20.9 Å².